The molecule has 8 heteroatoms. The van der Waals surface area contributed by atoms with Crippen molar-refractivity contribution in [3.63, 3.8) is 0 Å². The van der Waals surface area contributed by atoms with Gasteiger partial charge in [0.2, 0.25) is 5.91 Å². The average Bonchev–Trinajstić information content (AvgIpc) is 3.41. The van der Waals surface area contributed by atoms with Gasteiger partial charge in [-0.05, 0) is 31.5 Å². The standard InChI is InChI=1S/C19H22N6OS/c26-19(23-17-5-3-15(4-6-17)18-11-27-14-20-18)16-2-1-7-24(10-16)8-9-25-12-21-22-13-25/h3-6,11-14,16H,1-2,7-10H2,(H,23,26). The zero-order valence-electron chi connectivity index (χ0n) is 15.0. The van der Waals surface area contributed by atoms with Gasteiger partial charge in [-0.25, -0.2) is 4.98 Å². The first-order chi connectivity index (χ1) is 13.3. The van der Waals surface area contributed by atoms with Crippen LogP contribution in [0.3, 0.4) is 0 Å². The van der Waals surface area contributed by atoms with Crippen molar-refractivity contribution in [3.05, 3.63) is 47.8 Å². The van der Waals surface area contributed by atoms with Gasteiger partial charge in [-0.3, -0.25) is 4.79 Å². The van der Waals surface area contributed by atoms with E-state index in [1.165, 1.54) is 0 Å². The number of amides is 1. The molecule has 1 aliphatic heterocycles. The van der Waals surface area contributed by atoms with Crippen LogP contribution in [0.5, 0.6) is 0 Å². The fourth-order valence-corrected chi connectivity index (χ4v) is 3.95. The van der Waals surface area contributed by atoms with Crippen molar-refractivity contribution in [2.45, 2.75) is 19.4 Å². The van der Waals surface area contributed by atoms with Crippen LogP contribution in [0.1, 0.15) is 12.8 Å². The smallest absolute Gasteiger partial charge is 0.228 e. The summed E-state index contributed by atoms with van der Waals surface area (Å²) in [4.78, 5) is 19.3. The maximum atomic E-state index is 12.7. The van der Waals surface area contributed by atoms with Crippen LogP contribution in [0.25, 0.3) is 11.3 Å². The van der Waals surface area contributed by atoms with E-state index in [0.29, 0.717) is 0 Å². The summed E-state index contributed by atoms with van der Waals surface area (Å²) < 4.78 is 1.97. The Kier molecular flexibility index (Phi) is 5.55. The van der Waals surface area contributed by atoms with E-state index in [1.807, 2.05) is 39.7 Å². The Bertz CT molecular complexity index is 847. The molecule has 0 aliphatic carbocycles. The molecule has 0 radical (unpaired) electrons. The molecule has 1 aromatic carbocycles. The Morgan fingerprint density at radius 3 is 2.74 bits per heavy atom. The highest BCUT2D eigenvalue weighted by atomic mass is 32.1. The predicted octanol–water partition coefficient (Wildman–Crippen LogP) is 2.75. The second-order valence-electron chi connectivity index (χ2n) is 6.78. The highest BCUT2D eigenvalue weighted by molar-refractivity contribution is 7.07. The monoisotopic (exact) mass is 382 g/mol. The number of rotatable bonds is 6. The molecule has 0 spiro atoms. The number of nitrogens with one attached hydrogen (secondary N) is 1. The van der Waals surface area contributed by atoms with E-state index in [9.17, 15) is 4.79 Å². The Morgan fingerprint density at radius 2 is 2.00 bits per heavy atom. The van der Waals surface area contributed by atoms with Crippen LogP contribution < -0.4 is 5.32 Å². The van der Waals surface area contributed by atoms with Crippen LogP contribution in [0.15, 0.2) is 47.8 Å². The molecule has 1 unspecified atom stereocenters. The van der Waals surface area contributed by atoms with Gasteiger partial charge in [-0.2, -0.15) is 0 Å². The number of thiazole rings is 1. The van der Waals surface area contributed by atoms with Gasteiger partial charge in [0.05, 0.1) is 17.1 Å². The van der Waals surface area contributed by atoms with Crippen LogP contribution in [-0.4, -0.2) is 50.2 Å². The van der Waals surface area contributed by atoms with E-state index in [2.05, 4.69) is 25.4 Å². The molecule has 1 N–H and O–H groups in total. The van der Waals surface area contributed by atoms with Gasteiger partial charge in [0.15, 0.2) is 0 Å². The minimum Gasteiger partial charge on any atom is -0.326 e. The van der Waals surface area contributed by atoms with Crippen molar-refractivity contribution < 1.29 is 4.79 Å². The number of aromatic nitrogens is 4. The second-order valence-corrected chi connectivity index (χ2v) is 7.50. The van der Waals surface area contributed by atoms with Crippen LogP contribution >= 0.6 is 11.3 Å². The number of hydrogen-bond donors (Lipinski definition) is 1. The largest absolute Gasteiger partial charge is 0.326 e. The minimum absolute atomic E-state index is 0.0258. The Labute approximate surface area is 162 Å². The third-order valence-electron chi connectivity index (χ3n) is 4.90. The molecule has 4 rings (SSSR count). The van der Waals surface area contributed by atoms with E-state index < -0.39 is 0 Å². The molecular weight excluding hydrogens is 360 g/mol. The summed E-state index contributed by atoms with van der Waals surface area (Å²) in [5, 5.41) is 12.7. The molecule has 3 heterocycles. The lowest BCUT2D eigenvalue weighted by molar-refractivity contribution is -0.121. The first-order valence-corrected chi connectivity index (χ1v) is 10.1. The lowest BCUT2D eigenvalue weighted by Crippen LogP contribution is -2.41. The summed E-state index contributed by atoms with van der Waals surface area (Å²) in [7, 11) is 0. The van der Waals surface area contributed by atoms with E-state index in [0.717, 1.165) is 56.0 Å². The quantitative estimate of drug-likeness (QED) is 0.709. The van der Waals surface area contributed by atoms with Crippen molar-refractivity contribution in [2.75, 3.05) is 25.0 Å². The van der Waals surface area contributed by atoms with Gasteiger partial charge < -0.3 is 14.8 Å². The third kappa shape index (κ3) is 4.58. The number of carbonyl (C=O) groups is 1. The zero-order valence-corrected chi connectivity index (χ0v) is 15.8. The molecule has 7 nitrogen and oxygen atoms in total. The van der Waals surface area contributed by atoms with Crippen LogP contribution in [0.2, 0.25) is 0 Å². The molecule has 27 heavy (non-hydrogen) atoms. The fraction of sp³-hybridized carbons (Fsp3) is 0.368. The van der Waals surface area contributed by atoms with Gasteiger partial charge in [0.1, 0.15) is 12.7 Å². The summed E-state index contributed by atoms with van der Waals surface area (Å²) >= 11 is 1.58. The summed E-state index contributed by atoms with van der Waals surface area (Å²) in [6, 6.07) is 7.88. The zero-order chi connectivity index (χ0) is 18.5. The van der Waals surface area contributed by atoms with Crippen molar-refractivity contribution >= 4 is 22.9 Å². The molecule has 3 aromatic rings. The first kappa shape index (κ1) is 17.8. The number of likely N-dealkylation sites (tertiary alicyclic amines) is 1. The maximum absolute atomic E-state index is 12.7. The lowest BCUT2D eigenvalue weighted by atomic mass is 9.97. The minimum atomic E-state index is 0.0258. The number of anilines is 1. The van der Waals surface area contributed by atoms with Crippen molar-refractivity contribution in [2.24, 2.45) is 5.92 Å². The van der Waals surface area contributed by atoms with Gasteiger partial charge in [0.25, 0.3) is 0 Å². The van der Waals surface area contributed by atoms with Gasteiger partial charge in [-0.1, -0.05) is 12.1 Å². The van der Waals surface area contributed by atoms with Crippen molar-refractivity contribution in [1.82, 2.24) is 24.6 Å². The molecule has 0 saturated carbocycles. The van der Waals surface area contributed by atoms with E-state index >= 15 is 0 Å². The molecule has 1 atom stereocenters. The number of benzene rings is 1. The van der Waals surface area contributed by atoms with Gasteiger partial charge in [0, 0.05) is 36.3 Å². The molecule has 2 aromatic heterocycles. The van der Waals surface area contributed by atoms with Gasteiger partial charge >= 0.3 is 0 Å². The summed E-state index contributed by atoms with van der Waals surface area (Å²) in [5.41, 5.74) is 4.69. The molecule has 1 aliphatic rings. The Balaban J connectivity index is 1.30. The number of hydrogen-bond acceptors (Lipinski definition) is 6. The molecule has 140 valence electrons. The van der Waals surface area contributed by atoms with Crippen LogP contribution in [-0.2, 0) is 11.3 Å². The number of piperidine rings is 1. The normalized spacial score (nSPS) is 17.7. The van der Waals surface area contributed by atoms with Gasteiger partial charge in [-0.15, -0.1) is 21.5 Å². The van der Waals surface area contributed by atoms with Crippen LogP contribution in [0, 0.1) is 5.92 Å². The summed E-state index contributed by atoms with van der Waals surface area (Å²) in [6.07, 6.45) is 5.43. The summed E-state index contributed by atoms with van der Waals surface area (Å²) in [5.74, 6) is 0.128. The Morgan fingerprint density at radius 1 is 1.19 bits per heavy atom. The summed E-state index contributed by atoms with van der Waals surface area (Å²) in [6.45, 7) is 3.59. The van der Waals surface area contributed by atoms with Crippen molar-refractivity contribution in [1.29, 1.82) is 0 Å². The molecule has 1 fully saturated rings. The molecule has 1 amide bonds. The third-order valence-corrected chi connectivity index (χ3v) is 5.48. The molecule has 1 saturated heterocycles. The predicted molar refractivity (Wildman–Crippen MR) is 105 cm³/mol. The first-order valence-electron chi connectivity index (χ1n) is 9.12. The maximum Gasteiger partial charge on any atom is 0.228 e. The average molecular weight is 382 g/mol. The number of nitrogens with zero attached hydrogens (tertiary/aromatic N) is 5. The van der Waals surface area contributed by atoms with Crippen molar-refractivity contribution in [3.8, 4) is 11.3 Å². The van der Waals surface area contributed by atoms with E-state index in [-0.39, 0.29) is 11.8 Å². The molecular formula is C19H22N6OS. The highest BCUT2D eigenvalue weighted by Gasteiger charge is 2.25. The highest BCUT2D eigenvalue weighted by Crippen LogP contribution is 2.23. The van der Waals surface area contributed by atoms with E-state index in [4.69, 9.17) is 0 Å². The van der Waals surface area contributed by atoms with E-state index in [1.54, 1.807) is 24.0 Å². The molecule has 0 bridgehead atoms. The fourth-order valence-electron chi connectivity index (χ4n) is 3.39. The SMILES string of the molecule is O=C(Nc1ccc(-c2cscn2)cc1)C1CCCN(CCn2cnnc2)C1. The Hall–Kier alpha value is -2.58. The lowest BCUT2D eigenvalue weighted by Gasteiger charge is -2.31. The van der Waals surface area contributed by atoms with Crippen LogP contribution in [0.4, 0.5) is 5.69 Å². The second kappa shape index (κ2) is 8.41. The number of carbonyl (C=O) groups excluding carboxylic acids is 1. The topological polar surface area (TPSA) is 75.9 Å².